The lowest BCUT2D eigenvalue weighted by Crippen LogP contribution is -2.10. The average molecular weight is 588 g/mol. The number of hydrogen-bond acceptors (Lipinski definition) is 2. The van der Waals surface area contributed by atoms with Crippen LogP contribution in [-0.4, -0.2) is 0 Å². The number of rotatable bonds is 5. The van der Waals surface area contributed by atoms with E-state index in [1.165, 1.54) is 43.8 Å². The maximum atomic E-state index is 6.75. The van der Waals surface area contributed by atoms with Crippen molar-refractivity contribution in [3.8, 4) is 22.3 Å². The van der Waals surface area contributed by atoms with Crippen LogP contribution in [0.4, 0.5) is 17.1 Å². The first-order valence-electron chi connectivity index (χ1n) is 15.7. The summed E-state index contributed by atoms with van der Waals surface area (Å²) in [4.78, 5) is 2.35. The van der Waals surface area contributed by atoms with E-state index in [9.17, 15) is 0 Å². The fraction of sp³-hybridized carbons (Fsp3) is 0. The predicted molar refractivity (Wildman–Crippen MR) is 194 cm³/mol. The van der Waals surface area contributed by atoms with E-state index in [0.717, 1.165) is 39.0 Å². The number of anilines is 3. The smallest absolute Gasteiger partial charge is 0.137 e. The largest absolute Gasteiger partial charge is 0.456 e. The molecular formula is C44H29NO. The molecule has 0 saturated carbocycles. The molecule has 0 saturated heterocycles. The molecule has 0 amide bonds. The molecule has 216 valence electrons. The molecule has 0 bridgehead atoms. The van der Waals surface area contributed by atoms with Crippen molar-refractivity contribution >= 4 is 60.5 Å². The van der Waals surface area contributed by atoms with Crippen LogP contribution in [0.25, 0.3) is 65.7 Å². The number of fused-ring (bicyclic) bond motifs is 6. The number of para-hydroxylation sites is 1. The van der Waals surface area contributed by atoms with Crippen LogP contribution in [0.3, 0.4) is 0 Å². The van der Waals surface area contributed by atoms with Gasteiger partial charge in [-0.1, -0.05) is 133 Å². The predicted octanol–water partition coefficient (Wildman–Crippen LogP) is 12.7. The zero-order valence-electron chi connectivity index (χ0n) is 25.1. The lowest BCUT2D eigenvalue weighted by Gasteiger charge is -2.26. The van der Waals surface area contributed by atoms with Crippen LogP contribution in [0.2, 0.25) is 0 Å². The third-order valence-corrected chi connectivity index (χ3v) is 9.05. The summed E-state index contributed by atoms with van der Waals surface area (Å²) >= 11 is 0. The van der Waals surface area contributed by atoms with Gasteiger partial charge in [0.15, 0.2) is 0 Å². The summed E-state index contributed by atoms with van der Waals surface area (Å²) in [6.45, 7) is 0. The van der Waals surface area contributed by atoms with Crippen molar-refractivity contribution in [1.29, 1.82) is 0 Å². The third kappa shape index (κ3) is 4.27. The van der Waals surface area contributed by atoms with Gasteiger partial charge in [-0.3, -0.25) is 0 Å². The molecule has 0 N–H and O–H groups in total. The van der Waals surface area contributed by atoms with Crippen LogP contribution in [0.15, 0.2) is 180 Å². The summed E-state index contributed by atoms with van der Waals surface area (Å²) in [5, 5.41) is 7.10. The van der Waals surface area contributed by atoms with Crippen LogP contribution in [0.1, 0.15) is 0 Å². The number of furan rings is 1. The molecule has 0 atom stereocenters. The molecule has 0 spiro atoms. The van der Waals surface area contributed by atoms with E-state index in [1.54, 1.807) is 0 Å². The summed E-state index contributed by atoms with van der Waals surface area (Å²) in [6.07, 6.45) is 0. The summed E-state index contributed by atoms with van der Waals surface area (Å²) in [6, 6.07) is 62.5. The molecule has 1 heterocycles. The van der Waals surface area contributed by atoms with E-state index in [0.29, 0.717) is 0 Å². The van der Waals surface area contributed by atoms with Crippen molar-refractivity contribution in [2.75, 3.05) is 4.90 Å². The van der Waals surface area contributed by atoms with Crippen molar-refractivity contribution in [2.45, 2.75) is 0 Å². The SMILES string of the molecule is c1ccc(-c2ccc(N(c3ccccc3)c3cccc4oc5cc(-c6cccc7ccccc67)c6ccccc6c5c34)cc2)cc1. The highest BCUT2D eigenvalue weighted by molar-refractivity contribution is 6.26. The normalized spacial score (nSPS) is 11.5. The summed E-state index contributed by atoms with van der Waals surface area (Å²) in [5.74, 6) is 0. The van der Waals surface area contributed by atoms with E-state index >= 15 is 0 Å². The first-order valence-corrected chi connectivity index (χ1v) is 15.7. The molecular weight excluding hydrogens is 558 g/mol. The van der Waals surface area contributed by atoms with Gasteiger partial charge in [0.05, 0.1) is 11.1 Å². The molecule has 0 fully saturated rings. The molecule has 0 unspecified atom stereocenters. The Morgan fingerprint density at radius 1 is 0.370 bits per heavy atom. The molecule has 1 aromatic heterocycles. The Bertz CT molecular complexity index is 2510. The fourth-order valence-electron chi connectivity index (χ4n) is 6.97. The van der Waals surface area contributed by atoms with Gasteiger partial charge in [0.25, 0.3) is 0 Å². The minimum atomic E-state index is 0.870. The maximum absolute atomic E-state index is 6.75. The van der Waals surface area contributed by atoms with Crippen molar-refractivity contribution < 1.29 is 4.42 Å². The molecule has 2 nitrogen and oxygen atoms in total. The minimum absolute atomic E-state index is 0.870. The molecule has 8 aromatic carbocycles. The number of nitrogens with zero attached hydrogens (tertiary/aromatic N) is 1. The monoisotopic (exact) mass is 587 g/mol. The lowest BCUT2D eigenvalue weighted by molar-refractivity contribution is 0.669. The Hall–Kier alpha value is -6.12. The topological polar surface area (TPSA) is 16.4 Å². The Morgan fingerprint density at radius 3 is 1.78 bits per heavy atom. The zero-order valence-corrected chi connectivity index (χ0v) is 25.1. The first-order chi connectivity index (χ1) is 22.8. The second-order valence-electron chi connectivity index (χ2n) is 11.7. The van der Waals surface area contributed by atoms with Crippen molar-refractivity contribution in [3.05, 3.63) is 176 Å². The van der Waals surface area contributed by atoms with Gasteiger partial charge in [0.1, 0.15) is 11.2 Å². The molecule has 46 heavy (non-hydrogen) atoms. The molecule has 0 radical (unpaired) electrons. The van der Waals surface area contributed by atoms with Crippen LogP contribution in [0, 0.1) is 0 Å². The van der Waals surface area contributed by atoms with Gasteiger partial charge in [-0.25, -0.2) is 0 Å². The van der Waals surface area contributed by atoms with Gasteiger partial charge in [0.2, 0.25) is 0 Å². The first kappa shape index (κ1) is 26.3. The molecule has 9 aromatic rings. The highest BCUT2D eigenvalue weighted by Gasteiger charge is 2.22. The average Bonchev–Trinajstić information content (AvgIpc) is 3.52. The summed E-state index contributed by atoms with van der Waals surface area (Å²) in [5.41, 5.74) is 9.80. The zero-order chi connectivity index (χ0) is 30.5. The Balaban J connectivity index is 1.31. The molecule has 0 aliphatic heterocycles. The Labute approximate surface area is 267 Å². The van der Waals surface area contributed by atoms with E-state index in [4.69, 9.17) is 4.42 Å². The van der Waals surface area contributed by atoms with Crippen LogP contribution >= 0.6 is 0 Å². The van der Waals surface area contributed by atoms with E-state index in [2.05, 4.69) is 181 Å². The van der Waals surface area contributed by atoms with Crippen molar-refractivity contribution in [2.24, 2.45) is 0 Å². The van der Waals surface area contributed by atoms with Crippen LogP contribution in [0.5, 0.6) is 0 Å². The standard InChI is InChI=1S/C44H29NO/c1-3-13-30(14-4-1)31-25-27-34(28-26-31)45(33-17-5-2-6-18-33)40-23-12-24-41-44(40)43-38-21-10-9-20-37(38)39(29-42(43)46-41)36-22-11-16-32-15-7-8-19-35(32)36/h1-29H. The maximum Gasteiger partial charge on any atom is 0.137 e. The highest BCUT2D eigenvalue weighted by Crippen LogP contribution is 2.47. The Kier molecular flexibility index (Phi) is 6.17. The molecule has 0 aliphatic carbocycles. The molecule has 9 rings (SSSR count). The van der Waals surface area contributed by atoms with E-state index < -0.39 is 0 Å². The second kappa shape index (κ2) is 10.8. The van der Waals surface area contributed by atoms with Crippen molar-refractivity contribution in [1.82, 2.24) is 0 Å². The van der Waals surface area contributed by atoms with Gasteiger partial charge in [-0.2, -0.15) is 0 Å². The van der Waals surface area contributed by atoms with Crippen molar-refractivity contribution in [3.63, 3.8) is 0 Å². The van der Waals surface area contributed by atoms with Gasteiger partial charge < -0.3 is 9.32 Å². The van der Waals surface area contributed by atoms with E-state index in [-0.39, 0.29) is 0 Å². The molecule has 0 aliphatic rings. The van der Waals surface area contributed by atoms with Crippen LogP contribution in [-0.2, 0) is 0 Å². The summed E-state index contributed by atoms with van der Waals surface area (Å²) < 4.78 is 6.75. The summed E-state index contributed by atoms with van der Waals surface area (Å²) in [7, 11) is 0. The van der Waals surface area contributed by atoms with Gasteiger partial charge >= 0.3 is 0 Å². The third-order valence-electron chi connectivity index (χ3n) is 9.05. The van der Waals surface area contributed by atoms with Gasteiger partial charge in [0, 0.05) is 16.8 Å². The van der Waals surface area contributed by atoms with Gasteiger partial charge in [-0.15, -0.1) is 0 Å². The lowest BCUT2D eigenvalue weighted by atomic mass is 9.92. The molecule has 2 heteroatoms. The second-order valence-corrected chi connectivity index (χ2v) is 11.7. The number of benzene rings is 8. The van der Waals surface area contributed by atoms with Crippen LogP contribution < -0.4 is 4.90 Å². The minimum Gasteiger partial charge on any atom is -0.456 e. The number of hydrogen-bond donors (Lipinski definition) is 0. The fourth-order valence-corrected chi connectivity index (χ4v) is 6.97. The van der Waals surface area contributed by atoms with Gasteiger partial charge in [-0.05, 0) is 86.3 Å². The van der Waals surface area contributed by atoms with E-state index in [1.807, 2.05) is 0 Å². The Morgan fingerprint density at radius 2 is 0.978 bits per heavy atom. The quantitative estimate of drug-likeness (QED) is 0.199. The highest BCUT2D eigenvalue weighted by atomic mass is 16.3.